The molecule has 0 aromatic heterocycles. The molecule has 1 aromatic carbocycles. The molecule has 2 heteroatoms. The normalized spacial score (nSPS) is 13.4. The van der Waals surface area contributed by atoms with Gasteiger partial charge in [0.25, 0.3) is 0 Å². The Hall–Kier alpha value is -1.05. The molecule has 116 valence electrons. The van der Waals surface area contributed by atoms with Crippen molar-refractivity contribution in [1.82, 2.24) is 0 Å². The second-order valence-electron chi connectivity index (χ2n) is 4.98. The van der Waals surface area contributed by atoms with Gasteiger partial charge in [0.05, 0.1) is 0 Å². The molecular formula is C18H31FO. The molecule has 0 bridgehead atoms. The fourth-order valence-corrected chi connectivity index (χ4v) is 2.58. The Morgan fingerprint density at radius 1 is 1.00 bits per heavy atom. The number of aromatic hydroxyl groups is 1. The van der Waals surface area contributed by atoms with Crippen molar-refractivity contribution in [2.24, 2.45) is 0 Å². The van der Waals surface area contributed by atoms with Crippen molar-refractivity contribution in [2.75, 3.05) is 0 Å². The molecule has 0 fully saturated rings. The molecule has 0 spiro atoms. The van der Waals surface area contributed by atoms with Gasteiger partial charge in [-0.3, -0.25) is 0 Å². The zero-order valence-electron chi connectivity index (χ0n) is 14.0. The maximum absolute atomic E-state index is 14.3. The summed E-state index contributed by atoms with van der Waals surface area (Å²) in [5.41, 5.74) is 2.34. The first-order valence-corrected chi connectivity index (χ1v) is 8.14. The third-order valence-corrected chi connectivity index (χ3v) is 3.43. The molecule has 0 heterocycles. The van der Waals surface area contributed by atoms with Crippen LogP contribution >= 0.6 is 0 Å². The summed E-state index contributed by atoms with van der Waals surface area (Å²) in [6.45, 7) is 11.8. The molecule has 1 aliphatic carbocycles. The molecule has 0 amide bonds. The van der Waals surface area contributed by atoms with Crippen molar-refractivity contribution in [3.63, 3.8) is 0 Å². The minimum absolute atomic E-state index is 0.0357. The Balaban J connectivity index is 0.000000829. The van der Waals surface area contributed by atoms with E-state index < -0.39 is 0 Å². The van der Waals surface area contributed by atoms with Crippen molar-refractivity contribution in [1.29, 1.82) is 0 Å². The molecule has 20 heavy (non-hydrogen) atoms. The Kier molecular flexibility index (Phi) is 9.28. The SMILES string of the molecule is CC.CC.CC(C)c1c(O)cc2c(c1F)CCCCC2. The zero-order valence-corrected chi connectivity index (χ0v) is 14.0. The number of benzene rings is 1. The molecule has 0 aliphatic heterocycles. The van der Waals surface area contributed by atoms with Crippen LogP contribution in [0, 0.1) is 5.82 Å². The lowest BCUT2D eigenvalue weighted by Gasteiger charge is -2.15. The van der Waals surface area contributed by atoms with Gasteiger partial charge in [0.15, 0.2) is 0 Å². The van der Waals surface area contributed by atoms with Crippen LogP contribution in [0.25, 0.3) is 0 Å². The highest BCUT2D eigenvalue weighted by Gasteiger charge is 2.20. The van der Waals surface area contributed by atoms with Crippen molar-refractivity contribution in [2.45, 2.75) is 79.6 Å². The summed E-state index contributed by atoms with van der Waals surface area (Å²) in [4.78, 5) is 0. The summed E-state index contributed by atoms with van der Waals surface area (Å²) in [6, 6.07) is 1.78. The van der Waals surface area contributed by atoms with E-state index in [1.165, 1.54) is 0 Å². The quantitative estimate of drug-likeness (QED) is 0.628. The first-order valence-electron chi connectivity index (χ1n) is 8.14. The molecule has 1 nitrogen and oxygen atoms in total. The molecule has 1 aromatic rings. The molecule has 0 saturated heterocycles. The maximum atomic E-state index is 14.3. The fourth-order valence-electron chi connectivity index (χ4n) is 2.58. The molecule has 1 aliphatic rings. The average molecular weight is 282 g/mol. The predicted molar refractivity (Wildman–Crippen MR) is 86.1 cm³/mol. The van der Waals surface area contributed by atoms with Gasteiger partial charge in [-0.15, -0.1) is 0 Å². The number of rotatable bonds is 1. The van der Waals surface area contributed by atoms with Crippen molar-refractivity contribution >= 4 is 0 Å². The van der Waals surface area contributed by atoms with E-state index in [1.54, 1.807) is 6.07 Å². The van der Waals surface area contributed by atoms with Crippen LogP contribution in [0.3, 0.4) is 0 Å². The molecule has 1 N–H and O–H groups in total. The first-order chi connectivity index (χ1) is 9.61. The van der Waals surface area contributed by atoms with Crippen LogP contribution in [0.4, 0.5) is 4.39 Å². The predicted octanol–water partition coefficient (Wildman–Crippen LogP) is 5.98. The van der Waals surface area contributed by atoms with Gasteiger partial charge in [-0.1, -0.05) is 48.0 Å². The Labute approximate surface area is 124 Å². The van der Waals surface area contributed by atoms with Gasteiger partial charge in [-0.25, -0.2) is 4.39 Å². The topological polar surface area (TPSA) is 20.2 Å². The van der Waals surface area contributed by atoms with E-state index in [0.29, 0.717) is 5.56 Å². The fraction of sp³-hybridized carbons (Fsp3) is 0.667. The molecule has 0 radical (unpaired) electrons. The summed E-state index contributed by atoms with van der Waals surface area (Å²) >= 11 is 0. The van der Waals surface area contributed by atoms with Gasteiger partial charge in [0.1, 0.15) is 11.6 Å². The Bertz CT molecular complexity index is 397. The van der Waals surface area contributed by atoms with E-state index in [4.69, 9.17) is 0 Å². The first kappa shape index (κ1) is 18.9. The van der Waals surface area contributed by atoms with Crippen LogP contribution in [0.1, 0.15) is 83.4 Å². The Morgan fingerprint density at radius 3 is 2.10 bits per heavy atom. The molecule has 0 unspecified atom stereocenters. The lowest BCUT2D eigenvalue weighted by atomic mass is 9.93. The molecule has 0 atom stereocenters. The van der Waals surface area contributed by atoms with Gasteiger partial charge in [-0.2, -0.15) is 0 Å². The second-order valence-corrected chi connectivity index (χ2v) is 4.98. The summed E-state index contributed by atoms with van der Waals surface area (Å²) < 4.78 is 14.3. The highest BCUT2D eigenvalue weighted by molar-refractivity contribution is 5.45. The van der Waals surface area contributed by atoms with Crippen LogP contribution in [0.15, 0.2) is 6.07 Å². The number of phenolic OH excluding ortho intramolecular Hbond substituents is 1. The number of fused-ring (bicyclic) bond motifs is 1. The number of hydrogen-bond donors (Lipinski definition) is 1. The van der Waals surface area contributed by atoms with E-state index in [9.17, 15) is 9.50 Å². The summed E-state index contributed by atoms with van der Waals surface area (Å²) in [5, 5.41) is 9.87. The van der Waals surface area contributed by atoms with Crippen LogP contribution in [-0.2, 0) is 12.8 Å². The number of halogens is 1. The third-order valence-electron chi connectivity index (χ3n) is 3.43. The highest BCUT2D eigenvalue weighted by atomic mass is 19.1. The number of hydrogen-bond acceptors (Lipinski definition) is 1. The summed E-state index contributed by atoms with van der Waals surface area (Å²) in [6.07, 6.45) is 5.05. The van der Waals surface area contributed by atoms with Crippen molar-refractivity contribution in [3.05, 3.63) is 28.6 Å². The lowest BCUT2D eigenvalue weighted by Crippen LogP contribution is -2.03. The maximum Gasteiger partial charge on any atom is 0.133 e. The van der Waals surface area contributed by atoms with E-state index in [1.807, 2.05) is 41.5 Å². The average Bonchev–Trinajstić information content (AvgIpc) is 2.68. The highest BCUT2D eigenvalue weighted by Crippen LogP contribution is 2.35. The second kappa shape index (κ2) is 9.79. The van der Waals surface area contributed by atoms with Crippen molar-refractivity contribution in [3.8, 4) is 5.75 Å². The zero-order chi connectivity index (χ0) is 15.7. The van der Waals surface area contributed by atoms with E-state index in [0.717, 1.165) is 43.2 Å². The minimum atomic E-state index is -0.160. The van der Waals surface area contributed by atoms with E-state index in [2.05, 4.69) is 0 Å². The lowest BCUT2D eigenvalue weighted by molar-refractivity contribution is 0.450. The van der Waals surface area contributed by atoms with Crippen LogP contribution in [0.5, 0.6) is 5.75 Å². The molecular weight excluding hydrogens is 251 g/mol. The smallest absolute Gasteiger partial charge is 0.133 e. The van der Waals surface area contributed by atoms with Gasteiger partial charge >= 0.3 is 0 Å². The minimum Gasteiger partial charge on any atom is -0.508 e. The number of phenols is 1. The molecule has 0 saturated carbocycles. The monoisotopic (exact) mass is 282 g/mol. The van der Waals surface area contributed by atoms with Gasteiger partial charge in [0.2, 0.25) is 0 Å². The van der Waals surface area contributed by atoms with Gasteiger partial charge < -0.3 is 5.11 Å². The largest absolute Gasteiger partial charge is 0.508 e. The third kappa shape index (κ3) is 4.50. The van der Waals surface area contributed by atoms with E-state index in [-0.39, 0.29) is 17.5 Å². The summed E-state index contributed by atoms with van der Waals surface area (Å²) in [5.74, 6) is 0.00797. The van der Waals surface area contributed by atoms with Crippen LogP contribution in [-0.4, -0.2) is 5.11 Å². The van der Waals surface area contributed by atoms with Gasteiger partial charge in [-0.05, 0) is 48.8 Å². The van der Waals surface area contributed by atoms with Gasteiger partial charge in [0, 0.05) is 5.56 Å². The standard InChI is InChI=1S/C14H19FO.2C2H6/c1-9(2)13-12(16)8-10-6-4-3-5-7-11(10)14(13)15;2*1-2/h8-9,16H,3-7H2,1-2H3;2*1-2H3. The van der Waals surface area contributed by atoms with E-state index >= 15 is 0 Å². The summed E-state index contributed by atoms with van der Waals surface area (Å²) in [7, 11) is 0. The Morgan fingerprint density at radius 2 is 1.55 bits per heavy atom. The van der Waals surface area contributed by atoms with Crippen LogP contribution in [0.2, 0.25) is 0 Å². The van der Waals surface area contributed by atoms with Crippen molar-refractivity contribution < 1.29 is 9.50 Å². The van der Waals surface area contributed by atoms with Crippen LogP contribution < -0.4 is 0 Å². The number of aryl methyl sites for hydroxylation is 1. The molecule has 2 rings (SSSR count).